The monoisotopic (exact) mass is 332 g/mol. The highest BCUT2D eigenvalue weighted by molar-refractivity contribution is 7.19. The lowest BCUT2D eigenvalue weighted by molar-refractivity contribution is 0.278. The first kappa shape index (κ1) is 28.4. The molecule has 0 saturated carbocycles. The van der Waals surface area contributed by atoms with E-state index < -0.39 is 7.32 Å². The summed E-state index contributed by atoms with van der Waals surface area (Å²) in [4.78, 5) is 0. The van der Waals surface area contributed by atoms with Gasteiger partial charge in [-0.05, 0) is 15.5 Å². The van der Waals surface area contributed by atoms with Gasteiger partial charge in [0, 0.05) is 0 Å². The fourth-order valence-corrected chi connectivity index (χ4v) is 0. The van der Waals surface area contributed by atoms with Gasteiger partial charge in [-0.25, -0.2) is 0 Å². The first-order valence-corrected chi connectivity index (χ1v) is 7.87. The Labute approximate surface area is 128 Å². The van der Waals surface area contributed by atoms with E-state index in [2.05, 4.69) is 90.0 Å². The maximum atomic E-state index is 7.17. The van der Waals surface area contributed by atoms with Crippen molar-refractivity contribution in [3.8, 4) is 0 Å². The van der Waals surface area contributed by atoms with Gasteiger partial charge < -0.3 is 15.1 Å². The number of hydrogen-bond acceptors (Lipinski definition) is 3. The molecule has 0 aliphatic carbocycles. The number of hydrogen-bond donors (Lipinski definition) is 3. The predicted octanol–water partition coefficient (Wildman–Crippen LogP) is 2.93. The number of rotatable bonds is 0. The normalized spacial score (nSPS) is 10.9. The van der Waals surface area contributed by atoms with E-state index in [4.69, 9.17) is 15.1 Å². The Morgan fingerprint density at radius 3 is 0.526 bits per heavy atom. The molecule has 0 aliphatic rings. The third kappa shape index (κ3) is 3750. The largest absolute Gasteiger partial charge is 0.631 e. The molecule has 0 saturated heterocycles. The van der Waals surface area contributed by atoms with Crippen LogP contribution in [0.1, 0.15) is 62.3 Å². The van der Waals surface area contributed by atoms with Crippen LogP contribution in [0, 0.1) is 0 Å². The van der Waals surface area contributed by atoms with Crippen molar-refractivity contribution in [3.63, 3.8) is 0 Å². The van der Waals surface area contributed by atoms with Crippen LogP contribution in [0.3, 0.4) is 0 Å². The van der Waals surface area contributed by atoms with E-state index in [-0.39, 0.29) is 0 Å². The van der Waals surface area contributed by atoms with Crippen molar-refractivity contribution in [2.24, 2.45) is 0 Å². The van der Waals surface area contributed by atoms with Crippen molar-refractivity contribution in [2.45, 2.75) is 77.8 Å². The van der Waals surface area contributed by atoms with Gasteiger partial charge in [0.2, 0.25) is 0 Å². The molecule has 3 nitrogen and oxygen atoms in total. The Hall–Kier alpha value is 1.23. The van der Waals surface area contributed by atoms with E-state index in [1.165, 1.54) is 0 Å². The maximum absolute atomic E-state index is 7.17. The molecule has 0 aromatic rings. The van der Waals surface area contributed by atoms with Crippen LogP contribution < -0.4 is 0 Å². The maximum Gasteiger partial charge on any atom is 0.631 e. The first-order chi connectivity index (χ1) is 7.73. The van der Waals surface area contributed by atoms with E-state index in [0.29, 0.717) is 15.5 Å². The minimum Gasteiger partial charge on any atom is -0.402 e. The molecular formula is C12H36BO3P3. The smallest absolute Gasteiger partial charge is 0.402 e. The van der Waals surface area contributed by atoms with E-state index in [0.717, 1.165) is 0 Å². The van der Waals surface area contributed by atoms with Crippen LogP contribution in [0.15, 0.2) is 0 Å². The molecule has 0 aromatic carbocycles. The van der Waals surface area contributed by atoms with Gasteiger partial charge in [-0.1, -0.05) is 62.3 Å². The average molecular weight is 332 g/mol. The summed E-state index contributed by atoms with van der Waals surface area (Å²) in [5.41, 5.74) is 0. The zero-order valence-corrected chi connectivity index (χ0v) is 17.6. The van der Waals surface area contributed by atoms with Crippen LogP contribution >= 0.6 is 27.7 Å². The van der Waals surface area contributed by atoms with Crippen molar-refractivity contribution >= 4 is 35.0 Å². The fourth-order valence-electron chi connectivity index (χ4n) is 0. The highest BCUT2D eigenvalue weighted by atomic mass is 31.0. The third-order valence-electron chi connectivity index (χ3n) is 0. The summed E-state index contributed by atoms with van der Waals surface area (Å²) in [6.45, 7) is 19.4. The average Bonchev–Trinajstić information content (AvgIpc) is 1.66. The molecule has 0 aromatic heterocycles. The van der Waals surface area contributed by atoms with Gasteiger partial charge in [0.25, 0.3) is 0 Å². The van der Waals surface area contributed by atoms with Crippen LogP contribution in [0.5, 0.6) is 0 Å². The Morgan fingerprint density at radius 1 is 0.526 bits per heavy atom. The van der Waals surface area contributed by atoms with Crippen LogP contribution in [-0.2, 0) is 0 Å². The Balaban J connectivity index is -0.0000000793. The van der Waals surface area contributed by atoms with Crippen molar-refractivity contribution in [1.82, 2.24) is 0 Å². The molecular weight excluding hydrogens is 296 g/mol. The van der Waals surface area contributed by atoms with Gasteiger partial charge in [0.05, 0.1) is 0 Å². The molecule has 0 fully saturated rings. The lowest BCUT2D eigenvalue weighted by Gasteiger charge is -2.05. The minimum absolute atomic E-state index is 0.417. The van der Waals surface area contributed by atoms with E-state index >= 15 is 0 Å². The van der Waals surface area contributed by atoms with E-state index in [1.54, 1.807) is 0 Å². The van der Waals surface area contributed by atoms with Gasteiger partial charge in [-0.3, -0.25) is 0 Å². The van der Waals surface area contributed by atoms with Crippen LogP contribution in [0.4, 0.5) is 0 Å². The zero-order valence-electron chi connectivity index (χ0n) is 14.2. The van der Waals surface area contributed by atoms with Crippen molar-refractivity contribution in [1.29, 1.82) is 0 Å². The molecule has 0 rings (SSSR count). The van der Waals surface area contributed by atoms with Crippen molar-refractivity contribution < 1.29 is 15.1 Å². The lowest BCUT2D eigenvalue weighted by atomic mass is 10.3. The van der Waals surface area contributed by atoms with Crippen molar-refractivity contribution in [3.05, 3.63) is 0 Å². The minimum atomic E-state index is -2.17. The zero-order chi connectivity index (χ0) is 17.1. The van der Waals surface area contributed by atoms with Gasteiger partial charge in [-0.2, -0.15) is 0 Å². The van der Waals surface area contributed by atoms with Gasteiger partial charge in [0.1, 0.15) is 0 Å². The highest BCUT2D eigenvalue weighted by Gasteiger charge is 1.96. The quantitative estimate of drug-likeness (QED) is 0.472. The summed E-state index contributed by atoms with van der Waals surface area (Å²) in [6, 6.07) is 0. The molecule has 0 spiro atoms. The summed E-state index contributed by atoms with van der Waals surface area (Å²) in [5, 5.41) is 22.8. The molecule has 0 heterocycles. The second-order valence-corrected chi connectivity index (χ2v) is 12.6. The summed E-state index contributed by atoms with van der Waals surface area (Å²) in [5.74, 6) is 0. The molecule has 0 amide bonds. The molecule has 3 N–H and O–H groups in total. The molecule has 0 aliphatic heterocycles. The predicted molar refractivity (Wildman–Crippen MR) is 101 cm³/mol. The second-order valence-electron chi connectivity index (χ2n) is 7.44. The van der Waals surface area contributed by atoms with Crippen LogP contribution in [0.2, 0.25) is 0 Å². The summed E-state index contributed by atoms with van der Waals surface area (Å²) < 4.78 is 0. The fraction of sp³-hybridized carbons (Fsp3) is 1.00. The SMILES string of the molecule is CC(C)(C)P.CC(C)(C)P.CC(C)(C)P.OB(O)O. The Kier molecular flexibility index (Phi) is 19.3. The molecule has 7 heteroatoms. The van der Waals surface area contributed by atoms with Crippen LogP contribution in [0.25, 0.3) is 0 Å². The molecule has 0 radical (unpaired) electrons. The molecule has 19 heavy (non-hydrogen) atoms. The topological polar surface area (TPSA) is 60.7 Å². The summed E-state index contributed by atoms with van der Waals surface area (Å²) >= 11 is 0. The third-order valence-corrected chi connectivity index (χ3v) is 0. The van der Waals surface area contributed by atoms with Crippen molar-refractivity contribution in [2.75, 3.05) is 0 Å². The molecule has 3 unspecified atom stereocenters. The first-order valence-electron chi connectivity index (χ1n) is 6.14. The summed E-state index contributed by atoms with van der Waals surface area (Å²) in [6.07, 6.45) is 0. The standard InChI is InChI=1S/3C4H11P.BH3O3/c3*1-4(2,3)5;2-1(3)4/h3*5H2,1-3H3;2-4H. The Bertz CT molecular complexity index is 133. The van der Waals surface area contributed by atoms with Crippen LogP contribution in [-0.4, -0.2) is 37.9 Å². The molecule has 120 valence electrons. The molecule has 3 atom stereocenters. The van der Waals surface area contributed by atoms with Gasteiger partial charge >= 0.3 is 7.32 Å². The lowest BCUT2D eigenvalue weighted by Crippen LogP contribution is -2.07. The van der Waals surface area contributed by atoms with Gasteiger partial charge in [0.15, 0.2) is 0 Å². The summed E-state index contributed by atoms with van der Waals surface area (Å²) in [7, 11) is 5.98. The van der Waals surface area contributed by atoms with E-state index in [1.807, 2.05) is 0 Å². The Morgan fingerprint density at radius 2 is 0.526 bits per heavy atom. The van der Waals surface area contributed by atoms with E-state index in [9.17, 15) is 0 Å². The highest BCUT2D eigenvalue weighted by Crippen LogP contribution is 2.13. The second kappa shape index (κ2) is 12.9. The van der Waals surface area contributed by atoms with Gasteiger partial charge in [-0.15, -0.1) is 27.7 Å². The molecule has 0 bridgehead atoms.